The van der Waals surface area contributed by atoms with Crippen molar-refractivity contribution in [3.8, 4) is 6.07 Å². The maximum atomic E-state index is 12.8. The number of nitrogens with one attached hydrogen (secondary N) is 2. The van der Waals surface area contributed by atoms with Gasteiger partial charge in [0.15, 0.2) is 5.82 Å². The Bertz CT molecular complexity index is 1280. The Kier molecular flexibility index (Phi) is 6.39. The normalized spacial score (nSPS) is 22.2. The highest BCUT2D eigenvalue weighted by Crippen LogP contribution is 2.49. The fraction of sp³-hybridized carbons (Fsp3) is 0.478. The van der Waals surface area contributed by atoms with Crippen LogP contribution in [-0.2, 0) is 23.1 Å². The topological polar surface area (TPSA) is 154 Å². The first kappa shape index (κ1) is 23.6. The molecule has 1 saturated heterocycles. The first-order chi connectivity index (χ1) is 16.9. The molecule has 0 aromatic carbocycles. The van der Waals surface area contributed by atoms with Gasteiger partial charge in [0.05, 0.1) is 22.9 Å². The summed E-state index contributed by atoms with van der Waals surface area (Å²) in [5.41, 5.74) is 6.97. The lowest BCUT2D eigenvalue weighted by Crippen LogP contribution is -2.45. The molecule has 35 heavy (non-hydrogen) atoms. The van der Waals surface area contributed by atoms with Gasteiger partial charge in [-0.1, -0.05) is 5.21 Å². The number of carbonyl (C=O) groups is 2. The molecule has 1 aliphatic carbocycles. The van der Waals surface area contributed by atoms with Crippen molar-refractivity contribution in [3.05, 3.63) is 49.1 Å². The van der Waals surface area contributed by atoms with E-state index in [-0.39, 0.29) is 24.5 Å². The molecular formula is C23H26N8O2S2. The molecule has 182 valence electrons. The number of thiophene rings is 2. The van der Waals surface area contributed by atoms with Crippen LogP contribution in [0.25, 0.3) is 0 Å². The Hall–Kier alpha value is -3.14. The molecule has 3 atom stereocenters. The van der Waals surface area contributed by atoms with Gasteiger partial charge >= 0.3 is 0 Å². The van der Waals surface area contributed by atoms with Crippen molar-refractivity contribution in [3.63, 3.8) is 0 Å². The van der Waals surface area contributed by atoms with Gasteiger partial charge in [0.1, 0.15) is 6.04 Å². The SMILES string of the molecule is C[C@H](CC1(c2nn[nH]n2)c2ccsc2CCc2sc(C(N)=O)cc21)NCC(=O)N1CCCC1C#N. The summed E-state index contributed by atoms with van der Waals surface area (Å²) < 4.78 is 0. The minimum absolute atomic E-state index is 0.0705. The zero-order valence-electron chi connectivity index (χ0n) is 19.3. The maximum absolute atomic E-state index is 12.8. The highest BCUT2D eigenvalue weighted by Gasteiger charge is 2.47. The molecule has 3 aromatic heterocycles. The number of hydrogen-bond donors (Lipinski definition) is 3. The molecule has 1 fully saturated rings. The zero-order valence-corrected chi connectivity index (χ0v) is 20.9. The van der Waals surface area contributed by atoms with Crippen molar-refractivity contribution < 1.29 is 9.59 Å². The highest BCUT2D eigenvalue weighted by atomic mass is 32.1. The van der Waals surface area contributed by atoms with Crippen LogP contribution in [0.1, 0.15) is 62.6 Å². The van der Waals surface area contributed by atoms with Crippen molar-refractivity contribution in [2.75, 3.05) is 13.1 Å². The molecular weight excluding hydrogens is 484 g/mol. The number of amides is 2. The minimum Gasteiger partial charge on any atom is -0.365 e. The number of H-pyrrole nitrogens is 1. The number of nitrogens with zero attached hydrogens (tertiary/aromatic N) is 5. The second kappa shape index (κ2) is 9.49. The third kappa shape index (κ3) is 4.13. The van der Waals surface area contributed by atoms with Crippen LogP contribution in [0.15, 0.2) is 17.5 Å². The second-order valence-electron chi connectivity index (χ2n) is 9.07. The number of tetrazole rings is 1. The van der Waals surface area contributed by atoms with E-state index >= 15 is 0 Å². The average molecular weight is 511 g/mol. The first-order valence-corrected chi connectivity index (χ1v) is 13.3. The van der Waals surface area contributed by atoms with E-state index < -0.39 is 11.3 Å². The fourth-order valence-electron chi connectivity index (χ4n) is 5.37. The highest BCUT2D eigenvalue weighted by molar-refractivity contribution is 7.14. The summed E-state index contributed by atoms with van der Waals surface area (Å²) >= 11 is 3.13. The van der Waals surface area contributed by atoms with Crippen molar-refractivity contribution in [2.24, 2.45) is 5.73 Å². The van der Waals surface area contributed by atoms with E-state index in [1.165, 1.54) is 16.2 Å². The van der Waals surface area contributed by atoms with Crippen molar-refractivity contribution in [2.45, 2.75) is 56.5 Å². The summed E-state index contributed by atoms with van der Waals surface area (Å²) in [7, 11) is 0. The molecule has 2 amide bonds. The van der Waals surface area contributed by atoms with E-state index in [0.29, 0.717) is 23.7 Å². The van der Waals surface area contributed by atoms with Gasteiger partial charge in [-0.15, -0.1) is 32.9 Å². The largest absolute Gasteiger partial charge is 0.365 e. The standard InChI is InChI=1S/C23H26N8O2S2/c1-13(26-12-20(32)31-7-2-3-14(31)11-24)10-23(22-27-29-30-28-22)15-6-8-34-17(15)4-5-18-16(23)9-19(35-18)21(25)33/h6,8-9,13-14,26H,2-5,7,10,12H2,1H3,(H2,25,33)(H,27,28,29,30)/t13-,14?,23?/m1/s1. The quantitative estimate of drug-likeness (QED) is 0.437. The maximum Gasteiger partial charge on any atom is 0.258 e. The number of aryl methyl sites for hydroxylation is 2. The predicted molar refractivity (Wildman–Crippen MR) is 131 cm³/mol. The number of nitriles is 1. The van der Waals surface area contributed by atoms with Crippen molar-refractivity contribution >= 4 is 34.5 Å². The van der Waals surface area contributed by atoms with E-state index in [0.717, 1.165) is 41.7 Å². The van der Waals surface area contributed by atoms with Gasteiger partial charge in [-0.05, 0) is 67.7 Å². The van der Waals surface area contributed by atoms with E-state index in [9.17, 15) is 14.9 Å². The van der Waals surface area contributed by atoms with Gasteiger partial charge in [0.2, 0.25) is 5.91 Å². The zero-order chi connectivity index (χ0) is 24.6. The smallest absolute Gasteiger partial charge is 0.258 e. The molecule has 0 bridgehead atoms. The summed E-state index contributed by atoms with van der Waals surface area (Å²) in [6.45, 7) is 2.78. The van der Waals surface area contributed by atoms with E-state index in [4.69, 9.17) is 5.73 Å². The summed E-state index contributed by atoms with van der Waals surface area (Å²) in [5, 5.41) is 30.1. The number of hydrogen-bond acceptors (Lipinski definition) is 9. The number of likely N-dealkylation sites (tertiary alicyclic amines) is 1. The monoisotopic (exact) mass is 510 g/mol. The van der Waals surface area contributed by atoms with Crippen molar-refractivity contribution in [1.29, 1.82) is 5.26 Å². The molecule has 12 heteroatoms. The number of nitrogens with two attached hydrogens (primary N) is 1. The third-order valence-electron chi connectivity index (χ3n) is 6.96. The van der Waals surface area contributed by atoms with Crippen LogP contribution in [0.3, 0.4) is 0 Å². The fourth-order valence-corrected chi connectivity index (χ4v) is 7.42. The molecule has 4 N–H and O–H groups in total. The molecule has 10 nitrogen and oxygen atoms in total. The lowest BCUT2D eigenvalue weighted by atomic mass is 9.70. The molecule has 2 unspecified atom stereocenters. The molecule has 0 spiro atoms. The molecule has 0 radical (unpaired) electrons. The lowest BCUT2D eigenvalue weighted by Gasteiger charge is -2.34. The summed E-state index contributed by atoms with van der Waals surface area (Å²) in [4.78, 5) is 29.4. The Morgan fingerprint density at radius 3 is 2.97 bits per heavy atom. The van der Waals surface area contributed by atoms with E-state index in [2.05, 4.69) is 43.5 Å². The summed E-state index contributed by atoms with van der Waals surface area (Å²) in [5.74, 6) is 0.00193. The van der Waals surface area contributed by atoms with Crippen LogP contribution >= 0.6 is 22.7 Å². The molecule has 3 aromatic rings. The van der Waals surface area contributed by atoms with Gasteiger partial charge in [0, 0.05) is 22.3 Å². The first-order valence-electron chi connectivity index (χ1n) is 11.6. The van der Waals surface area contributed by atoms with E-state index in [1.54, 1.807) is 16.2 Å². The predicted octanol–water partition coefficient (Wildman–Crippen LogP) is 1.74. The van der Waals surface area contributed by atoms with Crippen LogP contribution in [0, 0.1) is 11.3 Å². The number of carbonyl (C=O) groups excluding carboxylic acids is 2. The van der Waals surface area contributed by atoms with Gasteiger partial charge in [-0.2, -0.15) is 10.5 Å². The Morgan fingerprint density at radius 1 is 1.40 bits per heavy atom. The van der Waals surface area contributed by atoms with Crippen LogP contribution < -0.4 is 11.1 Å². The number of rotatable bonds is 7. The van der Waals surface area contributed by atoms with E-state index in [1.807, 2.05) is 13.0 Å². The average Bonchev–Trinajstić information content (AvgIpc) is 3.65. The van der Waals surface area contributed by atoms with Gasteiger partial charge in [-0.25, -0.2) is 0 Å². The van der Waals surface area contributed by atoms with Crippen LogP contribution in [-0.4, -0.2) is 62.5 Å². The summed E-state index contributed by atoms with van der Waals surface area (Å²) in [6, 6.07) is 5.75. The molecule has 4 heterocycles. The summed E-state index contributed by atoms with van der Waals surface area (Å²) in [6.07, 6.45) is 3.77. The third-order valence-corrected chi connectivity index (χ3v) is 9.15. The number of aromatic nitrogens is 4. The van der Waals surface area contributed by atoms with Gasteiger partial charge in [0.25, 0.3) is 5.91 Å². The second-order valence-corrected chi connectivity index (χ2v) is 11.2. The Labute approximate surface area is 210 Å². The van der Waals surface area contributed by atoms with Gasteiger partial charge < -0.3 is 16.0 Å². The number of aromatic amines is 1. The molecule has 2 aliphatic rings. The Balaban J connectivity index is 1.50. The number of primary amides is 1. The molecule has 5 rings (SSSR count). The van der Waals surface area contributed by atoms with Crippen molar-refractivity contribution in [1.82, 2.24) is 30.8 Å². The molecule has 1 aliphatic heterocycles. The Morgan fingerprint density at radius 2 is 2.23 bits per heavy atom. The van der Waals surface area contributed by atoms with Gasteiger partial charge in [-0.3, -0.25) is 9.59 Å². The van der Waals surface area contributed by atoms with Crippen LogP contribution in [0.2, 0.25) is 0 Å². The minimum atomic E-state index is -0.753. The number of fused-ring (bicyclic) bond motifs is 2. The van der Waals surface area contributed by atoms with Crippen LogP contribution in [0.4, 0.5) is 0 Å². The molecule has 0 saturated carbocycles. The lowest BCUT2D eigenvalue weighted by molar-refractivity contribution is -0.130. The van der Waals surface area contributed by atoms with Crippen LogP contribution in [0.5, 0.6) is 0 Å².